The van der Waals surface area contributed by atoms with Gasteiger partial charge in [0.2, 0.25) is 0 Å². The minimum atomic E-state index is -0.0429. The molecule has 3 aromatic rings. The topological polar surface area (TPSA) is 63.3 Å². The molecule has 3 heterocycles. The van der Waals surface area contributed by atoms with Gasteiger partial charge in [-0.1, -0.05) is 43.3 Å². The van der Waals surface area contributed by atoms with Crippen LogP contribution in [0, 0.1) is 0 Å². The first-order chi connectivity index (χ1) is 22.6. The van der Waals surface area contributed by atoms with E-state index in [0.29, 0.717) is 19.1 Å². The second-order valence-corrected chi connectivity index (χ2v) is 12.4. The molecule has 7 nitrogen and oxygen atoms in total. The zero-order chi connectivity index (χ0) is 32.1. The highest BCUT2D eigenvalue weighted by Crippen LogP contribution is 2.36. The molecule has 1 atom stereocenters. The summed E-state index contributed by atoms with van der Waals surface area (Å²) in [4.78, 5) is 18.3. The van der Waals surface area contributed by atoms with Crippen molar-refractivity contribution in [3.05, 3.63) is 83.4 Å². The molecule has 0 bridgehead atoms. The summed E-state index contributed by atoms with van der Waals surface area (Å²) in [5.74, 6) is 0.830. The highest BCUT2D eigenvalue weighted by Gasteiger charge is 2.21. The number of para-hydroxylation sites is 1. The molecule has 3 aromatic carbocycles. The fourth-order valence-electron chi connectivity index (χ4n) is 6.33. The molecule has 3 aliphatic rings. The van der Waals surface area contributed by atoms with E-state index in [4.69, 9.17) is 14.2 Å². The summed E-state index contributed by atoms with van der Waals surface area (Å²) in [7, 11) is 2.16. The van der Waals surface area contributed by atoms with E-state index in [9.17, 15) is 4.79 Å². The number of likely N-dealkylation sites (N-methyl/N-ethyl adjacent to an activating group) is 1. The third kappa shape index (κ3) is 9.21. The van der Waals surface area contributed by atoms with Crippen molar-refractivity contribution in [2.24, 2.45) is 0 Å². The molecule has 7 heteroatoms. The van der Waals surface area contributed by atoms with E-state index >= 15 is 0 Å². The minimum absolute atomic E-state index is 0.0429. The molecule has 1 N–H and O–H groups in total. The van der Waals surface area contributed by atoms with Crippen LogP contribution in [-0.2, 0) is 20.8 Å². The van der Waals surface area contributed by atoms with Crippen LogP contribution in [-0.4, -0.2) is 70.0 Å². The second kappa shape index (κ2) is 17.3. The van der Waals surface area contributed by atoms with Crippen molar-refractivity contribution in [1.82, 2.24) is 4.90 Å². The summed E-state index contributed by atoms with van der Waals surface area (Å²) in [6.07, 6.45) is 8.67. The first-order valence-electron chi connectivity index (χ1n) is 17.1. The molecule has 0 radical (unpaired) electrons. The van der Waals surface area contributed by atoms with Crippen molar-refractivity contribution in [2.75, 3.05) is 63.4 Å². The summed E-state index contributed by atoms with van der Waals surface area (Å²) in [6, 6.07) is 23.4. The van der Waals surface area contributed by atoms with Gasteiger partial charge in [0.15, 0.2) is 0 Å². The van der Waals surface area contributed by atoms with Gasteiger partial charge in [0.25, 0.3) is 5.91 Å². The maximum absolute atomic E-state index is 13.5. The predicted octanol–water partition coefficient (Wildman–Crippen LogP) is 7.80. The number of amides is 1. The van der Waals surface area contributed by atoms with E-state index in [2.05, 4.69) is 71.6 Å². The molecule has 1 amide bonds. The molecule has 0 aromatic heterocycles. The number of hydrogen-bond donors (Lipinski definition) is 1. The van der Waals surface area contributed by atoms with Crippen molar-refractivity contribution in [2.45, 2.75) is 65.0 Å². The molecule has 6 rings (SSSR count). The highest BCUT2D eigenvalue weighted by atomic mass is 16.5. The lowest BCUT2D eigenvalue weighted by Gasteiger charge is -2.31. The number of anilines is 2. The Labute approximate surface area is 275 Å². The Morgan fingerprint density at radius 1 is 0.978 bits per heavy atom. The first-order valence-corrected chi connectivity index (χ1v) is 17.1. The quantitative estimate of drug-likeness (QED) is 0.248. The average molecular weight is 626 g/mol. The standard InChI is InChI=1S/C35H43N3O3.C4H8O/c1-4-19-38-20-18-28(23-29-22-27(14-17-33(29)38)32-10-6-7-11-34(32)41-5-2)35(39)36-30-15-12-26(13-16-30)24-37(3)31-9-8-21-40-25-31;1-2-4-5-3-1/h6-7,10-17,22-23,31H,4-5,8-9,18-21,24-25H2,1-3H3,(H,36,39);1-4H2. The van der Waals surface area contributed by atoms with Crippen LogP contribution < -0.4 is 15.0 Å². The van der Waals surface area contributed by atoms with Crippen LogP contribution in [0.25, 0.3) is 17.2 Å². The highest BCUT2D eigenvalue weighted by molar-refractivity contribution is 6.07. The van der Waals surface area contributed by atoms with Gasteiger partial charge in [-0.3, -0.25) is 9.69 Å². The molecule has 3 aliphatic heterocycles. The van der Waals surface area contributed by atoms with Crippen LogP contribution in [0.4, 0.5) is 11.4 Å². The van der Waals surface area contributed by atoms with E-state index in [-0.39, 0.29) is 5.91 Å². The summed E-state index contributed by atoms with van der Waals surface area (Å²) in [5, 5.41) is 3.15. The number of ether oxygens (including phenoxy) is 3. The van der Waals surface area contributed by atoms with Crippen LogP contribution in [0.3, 0.4) is 0 Å². The van der Waals surface area contributed by atoms with Crippen LogP contribution in [0.5, 0.6) is 5.75 Å². The molecule has 246 valence electrons. The van der Waals surface area contributed by atoms with Crippen molar-refractivity contribution in [3.63, 3.8) is 0 Å². The second-order valence-electron chi connectivity index (χ2n) is 12.4. The van der Waals surface area contributed by atoms with E-state index in [1.165, 1.54) is 30.5 Å². The molecular formula is C39H51N3O4. The number of carbonyl (C=O) groups is 1. The van der Waals surface area contributed by atoms with Crippen molar-refractivity contribution in [1.29, 1.82) is 0 Å². The Balaban J connectivity index is 0.000000760. The lowest BCUT2D eigenvalue weighted by Crippen LogP contribution is -2.37. The van der Waals surface area contributed by atoms with Gasteiger partial charge in [-0.15, -0.1) is 0 Å². The Bertz CT molecular complexity index is 1420. The van der Waals surface area contributed by atoms with Crippen LogP contribution >= 0.6 is 0 Å². The zero-order valence-electron chi connectivity index (χ0n) is 27.9. The number of rotatable bonds is 10. The van der Waals surface area contributed by atoms with E-state index < -0.39 is 0 Å². The molecule has 2 fully saturated rings. The number of nitrogens with one attached hydrogen (secondary N) is 1. The molecule has 0 aliphatic carbocycles. The number of hydrogen-bond acceptors (Lipinski definition) is 6. The largest absolute Gasteiger partial charge is 0.493 e. The van der Waals surface area contributed by atoms with Gasteiger partial charge in [-0.25, -0.2) is 0 Å². The number of benzene rings is 3. The SMILES string of the molecule is C1CCOC1.CCCN1CCC(C(=O)Nc2ccc(CN(C)C3CCCOC3)cc2)=Cc2cc(-c3ccccc3OCC)ccc21. The molecule has 2 saturated heterocycles. The van der Waals surface area contributed by atoms with Gasteiger partial charge in [-0.05, 0) is 106 Å². The monoisotopic (exact) mass is 625 g/mol. The van der Waals surface area contributed by atoms with Gasteiger partial charge in [-0.2, -0.15) is 0 Å². The zero-order valence-corrected chi connectivity index (χ0v) is 27.9. The van der Waals surface area contributed by atoms with Crippen molar-refractivity contribution in [3.8, 4) is 16.9 Å². The van der Waals surface area contributed by atoms with Gasteiger partial charge in [0, 0.05) is 68.0 Å². The Morgan fingerprint density at radius 3 is 2.46 bits per heavy atom. The smallest absolute Gasteiger partial charge is 0.251 e. The third-order valence-electron chi connectivity index (χ3n) is 8.86. The maximum atomic E-state index is 13.5. The summed E-state index contributed by atoms with van der Waals surface area (Å²) in [5.41, 5.74) is 7.22. The summed E-state index contributed by atoms with van der Waals surface area (Å²) in [6.45, 7) is 11.1. The fraction of sp³-hybridized carbons (Fsp3) is 0.462. The van der Waals surface area contributed by atoms with Crippen LogP contribution in [0.15, 0.2) is 72.3 Å². The van der Waals surface area contributed by atoms with Gasteiger partial charge in [0.05, 0.1) is 13.2 Å². The van der Waals surface area contributed by atoms with E-state index in [1.807, 2.05) is 37.3 Å². The number of fused-ring (bicyclic) bond motifs is 1. The number of nitrogens with zero attached hydrogens (tertiary/aromatic N) is 2. The Morgan fingerprint density at radius 2 is 1.76 bits per heavy atom. The van der Waals surface area contributed by atoms with Crippen molar-refractivity contribution >= 4 is 23.4 Å². The summed E-state index contributed by atoms with van der Waals surface area (Å²) < 4.78 is 16.5. The molecule has 46 heavy (non-hydrogen) atoms. The third-order valence-corrected chi connectivity index (χ3v) is 8.86. The fourth-order valence-corrected chi connectivity index (χ4v) is 6.33. The Kier molecular flexibility index (Phi) is 12.7. The lowest BCUT2D eigenvalue weighted by atomic mass is 9.99. The molecule has 0 spiro atoms. The van der Waals surface area contributed by atoms with Crippen molar-refractivity contribution < 1.29 is 19.0 Å². The van der Waals surface area contributed by atoms with E-state index in [1.54, 1.807) is 0 Å². The van der Waals surface area contributed by atoms with Gasteiger partial charge >= 0.3 is 0 Å². The number of carbonyl (C=O) groups excluding carboxylic acids is 1. The van der Waals surface area contributed by atoms with Gasteiger partial charge in [0.1, 0.15) is 5.75 Å². The Hall–Kier alpha value is -3.65. The molecule has 0 saturated carbocycles. The summed E-state index contributed by atoms with van der Waals surface area (Å²) >= 11 is 0. The molecule has 1 unspecified atom stereocenters. The predicted molar refractivity (Wildman–Crippen MR) is 189 cm³/mol. The lowest BCUT2D eigenvalue weighted by molar-refractivity contribution is -0.112. The van der Waals surface area contributed by atoms with Crippen LogP contribution in [0.1, 0.15) is 63.5 Å². The normalized spacial score (nSPS) is 17.8. The van der Waals surface area contributed by atoms with E-state index in [0.717, 1.165) is 92.6 Å². The first kappa shape index (κ1) is 33.7. The molecular weight excluding hydrogens is 574 g/mol. The van der Waals surface area contributed by atoms with Crippen LogP contribution in [0.2, 0.25) is 0 Å². The minimum Gasteiger partial charge on any atom is -0.493 e. The maximum Gasteiger partial charge on any atom is 0.251 e. The average Bonchev–Trinajstić information content (AvgIpc) is 3.63. The van der Waals surface area contributed by atoms with Gasteiger partial charge < -0.3 is 24.4 Å².